The maximum Gasteiger partial charge on any atom is 0.338 e. The summed E-state index contributed by atoms with van der Waals surface area (Å²) in [6.07, 6.45) is -1.15. The van der Waals surface area contributed by atoms with Crippen LogP contribution in [0.1, 0.15) is 27.6 Å². The standard InChI is InChI=1S/C21H23N3O7S/c1-14(20(26)23-17-7-5-15(6-8-17)19(22)25)31-21(27)16-3-2-4-18(13-16)32(28,29)24-9-11-30-12-10-24/h2-8,13-14H,9-12H2,1H3,(H2,22,25)(H,23,26). The normalized spacial score (nSPS) is 15.5. The van der Waals surface area contributed by atoms with Crippen LogP contribution in [-0.2, 0) is 24.3 Å². The van der Waals surface area contributed by atoms with Crippen LogP contribution in [0, 0.1) is 0 Å². The van der Waals surface area contributed by atoms with E-state index in [2.05, 4.69) is 5.32 Å². The fraction of sp³-hybridized carbons (Fsp3) is 0.286. The summed E-state index contributed by atoms with van der Waals surface area (Å²) in [5.41, 5.74) is 5.85. The Labute approximate surface area is 185 Å². The fourth-order valence-electron chi connectivity index (χ4n) is 2.96. The lowest BCUT2D eigenvalue weighted by Crippen LogP contribution is -2.40. The van der Waals surface area contributed by atoms with Crippen LogP contribution in [0.5, 0.6) is 0 Å². The molecule has 0 bridgehead atoms. The number of nitrogens with zero attached hydrogens (tertiary/aromatic N) is 1. The molecule has 0 saturated carbocycles. The number of primary amides is 1. The predicted octanol–water partition coefficient (Wildman–Crippen LogP) is 0.990. The van der Waals surface area contributed by atoms with Crippen molar-refractivity contribution >= 4 is 33.5 Å². The van der Waals surface area contributed by atoms with Crippen molar-refractivity contribution in [2.45, 2.75) is 17.9 Å². The van der Waals surface area contributed by atoms with Gasteiger partial charge in [0.25, 0.3) is 5.91 Å². The first-order valence-corrected chi connectivity index (χ1v) is 11.2. The third-order valence-corrected chi connectivity index (χ3v) is 6.66. The van der Waals surface area contributed by atoms with Crippen LogP contribution < -0.4 is 11.1 Å². The number of nitrogens with one attached hydrogen (secondary N) is 1. The molecule has 0 radical (unpaired) electrons. The molecule has 1 aliphatic rings. The molecular formula is C21H23N3O7S. The van der Waals surface area contributed by atoms with Crippen molar-refractivity contribution < 1.29 is 32.3 Å². The summed E-state index contributed by atoms with van der Waals surface area (Å²) in [6, 6.07) is 11.4. The maximum absolute atomic E-state index is 12.8. The van der Waals surface area contributed by atoms with E-state index in [1.54, 1.807) is 0 Å². The molecular weight excluding hydrogens is 438 g/mol. The van der Waals surface area contributed by atoms with Gasteiger partial charge >= 0.3 is 5.97 Å². The smallest absolute Gasteiger partial charge is 0.338 e. The monoisotopic (exact) mass is 461 g/mol. The fourth-order valence-corrected chi connectivity index (χ4v) is 4.42. The molecule has 11 heteroatoms. The third kappa shape index (κ3) is 5.49. The first kappa shape index (κ1) is 23.4. The molecule has 0 spiro atoms. The van der Waals surface area contributed by atoms with Gasteiger partial charge in [0.15, 0.2) is 6.10 Å². The number of anilines is 1. The highest BCUT2D eigenvalue weighted by atomic mass is 32.2. The summed E-state index contributed by atoms with van der Waals surface area (Å²) in [6.45, 7) is 2.46. The summed E-state index contributed by atoms with van der Waals surface area (Å²) >= 11 is 0. The summed E-state index contributed by atoms with van der Waals surface area (Å²) in [5.74, 6) is -2.03. The Morgan fingerprint density at radius 2 is 1.72 bits per heavy atom. The van der Waals surface area contributed by atoms with Crippen LogP contribution in [0.2, 0.25) is 0 Å². The van der Waals surface area contributed by atoms with E-state index in [1.165, 1.54) is 59.8 Å². The van der Waals surface area contributed by atoms with Crippen LogP contribution in [0.3, 0.4) is 0 Å². The molecule has 2 aromatic carbocycles. The molecule has 2 amide bonds. The number of amides is 2. The summed E-state index contributed by atoms with van der Waals surface area (Å²) < 4.78 is 37.2. The molecule has 1 unspecified atom stereocenters. The Kier molecular flexibility index (Phi) is 7.23. The Bertz CT molecular complexity index is 1110. The van der Waals surface area contributed by atoms with Gasteiger partial charge in [-0.15, -0.1) is 0 Å². The second-order valence-corrected chi connectivity index (χ2v) is 8.96. The number of hydrogen-bond donors (Lipinski definition) is 2. The number of carbonyl (C=O) groups is 3. The minimum atomic E-state index is -3.78. The molecule has 1 atom stereocenters. The Morgan fingerprint density at radius 3 is 2.34 bits per heavy atom. The SMILES string of the molecule is CC(OC(=O)c1cccc(S(=O)(=O)N2CCOCC2)c1)C(=O)Nc1ccc(C(N)=O)cc1. The van der Waals surface area contributed by atoms with Gasteiger partial charge in [-0.05, 0) is 49.4 Å². The average molecular weight is 461 g/mol. The Balaban J connectivity index is 1.65. The lowest BCUT2D eigenvalue weighted by Gasteiger charge is -2.26. The van der Waals surface area contributed by atoms with Gasteiger partial charge < -0.3 is 20.5 Å². The van der Waals surface area contributed by atoms with Crippen LogP contribution in [0.15, 0.2) is 53.4 Å². The third-order valence-electron chi connectivity index (χ3n) is 4.77. The van der Waals surface area contributed by atoms with Gasteiger partial charge in [-0.1, -0.05) is 6.07 Å². The molecule has 1 heterocycles. The number of benzene rings is 2. The van der Waals surface area contributed by atoms with Gasteiger partial charge in [-0.3, -0.25) is 9.59 Å². The molecule has 32 heavy (non-hydrogen) atoms. The number of morpholine rings is 1. The molecule has 1 aliphatic heterocycles. The van der Waals surface area contributed by atoms with Crippen molar-refractivity contribution in [3.63, 3.8) is 0 Å². The highest BCUT2D eigenvalue weighted by Crippen LogP contribution is 2.19. The van der Waals surface area contributed by atoms with E-state index in [0.717, 1.165) is 0 Å². The lowest BCUT2D eigenvalue weighted by atomic mass is 10.2. The first-order chi connectivity index (χ1) is 15.2. The van der Waals surface area contributed by atoms with Gasteiger partial charge in [0, 0.05) is 24.3 Å². The van der Waals surface area contributed by atoms with Crippen molar-refractivity contribution in [2.75, 3.05) is 31.6 Å². The molecule has 1 saturated heterocycles. The molecule has 10 nitrogen and oxygen atoms in total. The molecule has 0 aromatic heterocycles. The van der Waals surface area contributed by atoms with Crippen molar-refractivity contribution in [1.29, 1.82) is 0 Å². The molecule has 170 valence electrons. The predicted molar refractivity (Wildman–Crippen MR) is 114 cm³/mol. The molecule has 1 fully saturated rings. The summed E-state index contributed by atoms with van der Waals surface area (Å²) in [4.78, 5) is 35.9. The topological polar surface area (TPSA) is 145 Å². The average Bonchev–Trinajstić information content (AvgIpc) is 2.80. The van der Waals surface area contributed by atoms with Crippen molar-refractivity contribution in [2.24, 2.45) is 5.73 Å². The summed E-state index contributed by atoms with van der Waals surface area (Å²) in [5, 5.41) is 2.56. The second-order valence-electron chi connectivity index (χ2n) is 7.02. The number of ether oxygens (including phenoxy) is 2. The van der Waals surface area contributed by atoms with Crippen molar-refractivity contribution in [3.05, 3.63) is 59.7 Å². The van der Waals surface area contributed by atoms with Crippen LogP contribution in [0.25, 0.3) is 0 Å². The Morgan fingerprint density at radius 1 is 1.06 bits per heavy atom. The van der Waals surface area contributed by atoms with Crippen molar-refractivity contribution in [1.82, 2.24) is 4.31 Å². The second kappa shape index (κ2) is 9.90. The van der Waals surface area contributed by atoms with E-state index in [0.29, 0.717) is 18.9 Å². The molecule has 2 aromatic rings. The zero-order chi connectivity index (χ0) is 23.3. The number of hydrogen-bond acceptors (Lipinski definition) is 7. The molecule has 3 rings (SSSR count). The van der Waals surface area contributed by atoms with Gasteiger partial charge in [-0.25, -0.2) is 13.2 Å². The van der Waals surface area contributed by atoms with Crippen LogP contribution in [-0.4, -0.2) is 62.9 Å². The van der Waals surface area contributed by atoms with Gasteiger partial charge in [0.1, 0.15) is 0 Å². The van der Waals surface area contributed by atoms with Gasteiger partial charge in [0.05, 0.1) is 23.7 Å². The van der Waals surface area contributed by atoms with E-state index < -0.39 is 33.9 Å². The van der Waals surface area contributed by atoms with Gasteiger partial charge in [0.2, 0.25) is 15.9 Å². The molecule has 0 aliphatic carbocycles. The zero-order valence-corrected chi connectivity index (χ0v) is 18.1. The van der Waals surface area contributed by atoms with E-state index >= 15 is 0 Å². The zero-order valence-electron chi connectivity index (χ0n) is 17.3. The lowest BCUT2D eigenvalue weighted by molar-refractivity contribution is -0.123. The van der Waals surface area contributed by atoms with E-state index in [4.69, 9.17) is 15.2 Å². The number of nitrogens with two attached hydrogens (primary N) is 1. The van der Waals surface area contributed by atoms with E-state index in [9.17, 15) is 22.8 Å². The van der Waals surface area contributed by atoms with Crippen molar-refractivity contribution in [3.8, 4) is 0 Å². The van der Waals surface area contributed by atoms with Crippen LogP contribution in [0.4, 0.5) is 5.69 Å². The van der Waals surface area contributed by atoms with Crippen LogP contribution >= 0.6 is 0 Å². The van der Waals surface area contributed by atoms with E-state index in [1.807, 2.05) is 0 Å². The first-order valence-electron chi connectivity index (χ1n) is 9.78. The van der Waals surface area contributed by atoms with E-state index in [-0.39, 0.29) is 29.1 Å². The number of esters is 1. The minimum absolute atomic E-state index is 0.00444. The Hall–Kier alpha value is -3.28. The maximum atomic E-state index is 12.8. The number of rotatable bonds is 7. The number of sulfonamides is 1. The summed E-state index contributed by atoms with van der Waals surface area (Å²) in [7, 11) is -3.78. The highest BCUT2D eigenvalue weighted by molar-refractivity contribution is 7.89. The number of carbonyl (C=O) groups excluding carboxylic acids is 3. The van der Waals surface area contributed by atoms with Gasteiger partial charge in [-0.2, -0.15) is 4.31 Å². The quantitative estimate of drug-likeness (QED) is 0.585. The largest absolute Gasteiger partial charge is 0.449 e. The molecule has 3 N–H and O–H groups in total. The highest BCUT2D eigenvalue weighted by Gasteiger charge is 2.27. The minimum Gasteiger partial charge on any atom is -0.449 e.